The molecule has 0 unspecified atom stereocenters. The molecule has 0 aliphatic heterocycles. The van der Waals surface area contributed by atoms with Crippen LogP contribution in [0, 0.1) is 6.92 Å². The summed E-state index contributed by atoms with van der Waals surface area (Å²) >= 11 is 3.37. The summed E-state index contributed by atoms with van der Waals surface area (Å²) in [7, 11) is 0. The van der Waals surface area contributed by atoms with Gasteiger partial charge in [-0.3, -0.25) is 9.36 Å². The summed E-state index contributed by atoms with van der Waals surface area (Å²) in [5, 5.41) is 0. The third-order valence-electron chi connectivity index (χ3n) is 2.17. The summed E-state index contributed by atoms with van der Waals surface area (Å²) in [6, 6.07) is 7.74. The molecule has 0 aliphatic rings. The fourth-order valence-corrected chi connectivity index (χ4v) is 1.74. The molecule has 0 radical (unpaired) electrons. The van der Waals surface area contributed by atoms with Crippen molar-refractivity contribution < 1.29 is 4.79 Å². The van der Waals surface area contributed by atoms with Crippen LogP contribution in [0.15, 0.2) is 34.9 Å². The molecule has 2 rings (SSSR count). The highest BCUT2D eigenvalue weighted by Gasteiger charge is 2.06. The van der Waals surface area contributed by atoms with Crippen LogP contribution in [-0.4, -0.2) is 15.8 Å². The van der Waals surface area contributed by atoms with Gasteiger partial charge in [-0.15, -0.1) is 0 Å². The topological polar surface area (TPSA) is 34.9 Å². The van der Waals surface area contributed by atoms with Crippen LogP contribution in [0.1, 0.15) is 16.3 Å². The minimum Gasteiger partial charge on any atom is -0.296 e. The van der Waals surface area contributed by atoms with Crippen LogP contribution in [-0.2, 0) is 0 Å². The lowest BCUT2D eigenvalue weighted by molar-refractivity contribution is 0.111. The second-order valence-corrected chi connectivity index (χ2v) is 4.08. The molecule has 0 N–H and O–H groups in total. The predicted octanol–water partition coefficient (Wildman–Crippen LogP) is 2.76. The van der Waals surface area contributed by atoms with Crippen LogP contribution in [0.2, 0.25) is 0 Å². The van der Waals surface area contributed by atoms with E-state index in [0.717, 1.165) is 22.3 Å². The van der Waals surface area contributed by atoms with Gasteiger partial charge in [0.25, 0.3) is 0 Å². The number of halogens is 1. The van der Waals surface area contributed by atoms with E-state index in [0.29, 0.717) is 5.69 Å². The molecule has 0 amide bonds. The maximum atomic E-state index is 10.8. The summed E-state index contributed by atoms with van der Waals surface area (Å²) in [5.41, 5.74) is 1.50. The Bertz CT molecular complexity index is 488. The van der Waals surface area contributed by atoms with E-state index in [-0.39, 0.29) is 0 Å². The number of hydrogen-bond donors (Lipinski definition) is 0. The molecule has 0 bridgehead atoms. The highest BCUT2D eigenvalue weighted by Crippen LogP contribution is 2.16. The first-order chi connectivity index (χ1) is 7.22. The van der Waals surface area contributed by atoms with Gasteiger partial charge in [0.1, 0.15) is 11.5 Å². The van der Waals surface area contributed by atoms with Crippen LogP contribution in [0.4, 0.5) is 0 Å². The summed E-state index contributed by atoms with van der Waals surface area (Å²) in [6.45, 7) is 1.87. The lowest BCUT2D eigenvalue weighted by atomic mass is 10.3. The van der Waals surface area contributed by atoms with Crippen LogP contribution in [0.3, 0.4) is 0 Å². The van der Waals surface area contributed by atoms with Gasteiger partial charge in [0.2, 0.25) is 0 Å². The fraction of sp³-hybridized carbons (Fsp3) is 0.0909. The van der Waals surface area contributed by atoms with Gasteiger partial charge in [0.05, 0.1) is 6.20 Å². The highest BCUT2D eigenvalue weighted by molar-refractivity contribution is 9.10. The number of aryl methyl sites for hydroxylation is 1. The molecule has 1 aromatic heterocycles. The van der Waals surface area contributed by atoms with Gasteiger partial charge < -0.3 is 0 Å². The number of aromatic nitrogens is 2. The number of rotatable bonds is 2. The molecule has 3 nitrogen and oxygen atoms in total. The lowest BCUT2D eigenvalue weighted by Gasteiger charge is -2.06. The predicted molar refractivity (Wildman–Crippen MR) is 61.4 cm³/mol. The van der Waals surface area contributed by atoms with Crippen molar-refractivity contribution in [1.29, 1.82) is 0 Å². The average Bonchev–Trinajstić information content (AvgIpc) is 2.61. The Hall–Kier alpha value is -1.42. The van der Waals surface area contributed by atoms with E-state index in [2.05, 4.69) is 20.9 Å². The largest absolute Gasteiger partial charge is 0.296 e. The summed E-state index contributed by atoms with van der Waals surface area (Å²) in [6.07, 6.45) is 2.38. The average molecular weight is 265 g/mol. The molecule has 15 heavy (non-hydrogen) atoms. The zero-order chi connectivity index (χ0) is 10.8. The first kappa shape index (κ1) is 10.1. The Morgan fingerprint density at radius 3 is 2.60 bits per heavy atom. The second kappa shape index (κ2) is 3.98. The van der Waals surface area contributed by atoms with Crippen molar-refractivity contribution in [2.45, 2.75) is 6.92 Å². The van der Waals surface area contributed by atoms with Crippen molar-refractivity contribution in [3.63, 3.8) is 0 Å². The highest BCUT2D eigenvalue weighted by atomic mass is 79.9. The van der Waals surface area contributed by atoms with E-state index in [9.17, 15) is 4.79 Å². The zero-order valence-corrected chi connectivity index (χ0v) is 9.73. The SMILES string of the molecule is Cc1ncc(C=O)n1-c1ccc(Br)cc1. The molecule has 0 saturated carbocycles. The molecule has 4 heteroatoms. The monoisotopic (exact) mass is 264 g/mol. The smallest absolute Gasteiger partial charge is 0.168 e. The van der Waals surface area contributed by atoms with E-state index < -0.39 is 0 Å². The minimum absolute atomic E-state index is 0.565. The van der Waals surface area contributed by atoms with Gasteiger partial charge in [-0.1, -0.05) is 15.9 Å². The molecule has 2 aromatic rings. The van der Waals surface area contributed by atoms with E-state index in [4.69, 9.17) is 0 Å². The minimum atomic E-state index is 0.565. The number of nitrogens with zero attached hydrogens (tertiary/aromatic N) is 2. The Kier molecular flexibility index (Phi) is 2.68. The van der Waals surface area contributed by atoms with Gasteiger partial charge in [0, 0.05) is 10.2 Å². The third-order valence-corrected chi connectivity index (χ3v) is 2.70. The second-order valence-electron chi connectivity index (χ2n) is 3.16. The van der Waals surface area contributed by atoms with Crippen LogP contribution < -0.4 is 0 Å². The van der Waals surface area contributed by atoms with Crippen LogP contribution in [0.25, 0.3) is 5.69 Å². The van der Waals surface area contributed by atoms with Crippen molar-refractivity contribution in [3.8, 4) is 5.69 Å². The molecular formula is C11H9BrN2O. The van der Waals surface area contributed by atoms with Crippen molar-refractivity contribution in [3.05, 3.63) is 46.5 Å². The molecule has 0 spiro atoms. The molecule has 0 aliphatic carbocycles. The first-order valence-electron chi connectivity index (χ1n) is 4.48. The summed E-state index contributed by atoms with van der Waals surface area (Å²) in [4.78, 5) is 14.9. The summed E-state index contributed by atoms with van der Waals surface area (Å²) in [5.74, 6) is 0.805. The third kappa shape index (κ3) is 1.85. The van der Waals surface area contributed by atoms with Crippen molar-refractivity contribution >= 4 is 22.2 Å². The summed E-state index contributed by atoms with van der Waals surface area (Å²) < 4.78 is 2.83. The van der Waals surface area contributed by atoms with Crippen LogP contribution in [0.5, 0.6) is 0 Å². The quantitative estimate of drug-likeness (QED) is 0.782. The molecule has 0 saturated heterocycles. The fourth-order valence-electron chi connectivity index (χ4n) is 1.47. The molecular weight excluding hydrogens is 256 g/mol. The molecule has 76 valence electrons. The van der Waals surface area contributed by atoms with Crippen molar-refractivity contribution in [2.24, 2.45) is 0 Å². The van der Waals surface area contributed by atoms with Gasteiger partial charge in [-0.05, 0) is 31.2 Å². The molecule has 1 aromatic carbocycles. The number of benzene rings is 1. The number of aldehydes is 1. The van der Waals surface area contributed by atoms with Crippen molar-refractivity contribution in [2.75, 3.05) is 0 Å². The van der Waals surface area contributed by atoms with Crippen molar-refractivity contribution in [1.82, 2.24) is 9.55 Å². The Balaban J connectivity index is 2.57. The maximum Gasteiger partial charge on any atom is 0.168 e. The Labute approximate surface area is 95.9 Å². The lowest BCUT2D eigenvalue weighted by Crippen LogP contribution is -2.00. The van der Waals surface area contributed by atoms with Gasteiger partial charge >= 0.3 is 0 Å². The van der Waals surface area contributed by atoms with E-state index in [1.54, 1.807) is 6.20 Å². The van der Waals surface area contributed by atoms with Gasteiger partial charge in [-0.25, -0.2) is 4.98 Å². The maximum absolute atomic E-state index is 10.8. The first-order valence-corrected chi connectivity index (χ1v) is 5.27. The van der Waals surface area contributed by atoms with E-state index in [1.807, 2.05) is 35.8 Å². The number of carbonyl (C=O) groups excluding carboxylic acids is 1. The number of carbonyl (C=O) groups is 1. The van der Waals surface area contributed by atoms with Gasteiger partial charge in [-0.2, -0.15) is 0 Å². The standard InChI is InChI=1S/C11H9BrN2O/c1-8-13-6-11(7-15)14(8)10-4-2-9(12)3-5-10/h2-7H,1H3. The molecule has 0 atom stereocenters. The normalized spacial score (nSPS) is 10.3. The molecule has 0 fully saturated rings. The molecule has 1 heterocycles. The number of imidazole rings is 1. The Morgan fingerprint density at radius 2 is 2.00 bits per heavy atom. The number of hydrogen-bond acceptors (Lipinski definition) is 2. The van der Waals surface area contributed by atoms with Gasteiger partial charge in [0.15, 0.2) is 6.29 Å². The van der Waals surface area contributed by atoms with Crippen LogP contribution >= 0.6 is 15.9 Å². The van der Waals surface area contributed by atoms with E-state index in [1.165, 1.54) is 0 Å². The Morgan fingerprint density at radius 1 is 1.33 bits per heavy atom. The zero-order valence-electron chi connectivity index (χ0n) is 8.14. The van der Waals surface area contributed by atoms with E-state index >= 15 is 0 Å².